The van der Waals surface area contributed by atoms with Crippen LogP contribution in [0, 0.1) is 0 Å². The minimum Gasteiger partial charge on any atom is -0.493 e. The van der Waals surface area contributed by atoms with E-state index in [0.717, 1.165) is 0 Å². The normalized spacial score (nSPS) is 10.3. The maximum Gasteiger partial charge on any atom is 0.323 e. The van der Waals surface area contributed by atoms with Crippen LogP contribution in [0.4, 0.5) is 16.2 Å². The van der Waals surface area contributed by atoms with Crippen molar-refractivity contribution in [2.75, 3.05) is 24.9 Å². The third-order valence-corrected chi connectivity index (χ3v) is 4.47. The number of carbonyl (C=O) groups excluding carboxylic acids is 1. The van der Waals surface area contributed by atoms with Crippen LogP contribution in [0.5, 0.6) is 23.1 Å². The fraction of sp³-hybridized carbons (Fsp3) is 0.0870. The second-order valence-electron chi connectivity index (χ2n) is 6.58. The van der Waals surface area contributed by atoms with E-state index in [1.807, 2.05) is 29.1 Å². The quantitative estimate of drug-likeness (QED) is 0.439. The van der Waals surface area contributed by atoms with Crippen molar-refractivity contribution in [2.24, 2.45) is 0 Å². The van der Waals surface area contributed by atoms with Gasteiger partial charge in [-0.3, -0.25) is 0 Å². The Kier molecular flexibility index (Phi) is 6.17. The topological polar surface area (TPSA) is 99.5 Å². The van der Waals surface area contributed by atoms with E-state index in [4.69, 9.17) is 14.2 Å². The molecule has 0 bridgehead atoms. The van der Waals surface area contributed by atoms with Crippen LogP contribution in [-0.2, 0) is 0 Å². The Morgan fingerprint density at radius 1 is 0.844 bits per heavy atom. The first-order chi connectivity index (χ1) is 15.6. The summed E-state index contributed by atoms with van der Waals surface area (Å²) in [7, 11) is 3.09. The van der Waals surface area contributed by atoms with E-state index in [1.54, 1.807) is 55.6 Å². The Balaban J connectivity index is 1.37. The number of aromatic nitrogens is 3. The van der Waals surface area contributed by atoms with Gasteiger partial charge in [0.15, 0.2) is 11.5 Å². The zero-order valence-electron chi connectivity index (χ0n) is 17.5. The summed E-state index contributed by atoms with van der Waals surface area (Å²) in [5.74, 6) is 2.79. The molecule has 0 radical (unpaired) electrons. The molecule has 0 aliphatic heterocycles. The van der Waals surface area contributed by atoms with E-state index >= 15 is 0 Å². The molecule has 0 aliphatic rings. The lowest BCUT2D eigenvalue weighted by molar-refractivity contribution is 0.262. The number of ether oxygens (including phenoxy) is 3. The van der Waals surface area contributed by atoms with Crippen LogP contribution in [-0.4, -0.2) is 34.8 Å². The molecular formula is C23H21N5O4. The van der Waals surface area contributed by atoms with Crippen LogP contribution in [0.1, 0.15) is 0 Å². The zero-order chi connectivity index (χ0) is 22.3. The molecule has 4 rings (SSSR count). The average Bonchev–Trinajstić information content (AvgIpc) is 3.35. The highest BCUT2D eigenvalue weighted by atomic mass is 16.5. The molecule has 2 aromatic carbocycles. The number of anilines is 2. The van der Waals surface area contributed by atoms with Crippen molar-refractivity contribution >= 4 is 17.4 Å². The lowest BCUT2D eigenvalue weighted by Crippen LogP contribution is -2.19. The van der Waals surface area contributed by atoms with Crippen LogP contribution < -0.4 is 24.8 Å². The number of urea groups is 1. The number of hydrogen-bond donors (Lipinski definition) is 2. The number of nitrogens with one attached hydrogen (secondary N) is 2. The van der Waals surface area contributed by atoms with Gasteiger partial charge in [0.1, 0.15) is 17.9 Å². The molecule has 0 unspecified atom stereocenters. The Hall–Kier alpha value is -4.53. The molecule has 4 aromatic rings. The number of nitrogens with zero attached hydrogens (tertiary/aromatic N) is 3. The van der Waals surface area contributed by atoms with E-state index in [9.17, 15) is 4.79 Å². The minimum atomic E-state index is -0.391. The molecule has 0 saturated carbocycles. The van der Waals surface area contributed by atoms with E-state index in [-0.39, 0.29) is 0 Å². The molecule has 162 valence electrons. The van der Waals surface area contributed by atoms with Crippen LogP contribution in [0.15, 0.2) is 79.4 Å². The summed E-state index contributed by atoms with van der Waals surface area (Å²) in [5, 5.41) is 5.52. The molecule has 2 amide bonds. The van der Waals surface area contributed by atoms with Crippen LogP contribution in [0.3, 0.4) is 0 Å². The van der Waals surface area contributed by atoms with Gasteiger partial charge in [-0.2, -0.15) is 0 Å². The lowest BCUT2D eigenvalue weighted by atomic mass is 10.2. The Bertz CT molecular complexity index is 1190. The van der Waals surface area contributed by atoms with Gasteiger partial charge in [0, 0.05) is 35.9 Å². The van der Waals surface area contributed by atoms with Crippen LogP contribution in [0.25, 0.3) is 5.82 Å². The predicted octanol–water partition coefficient (Wildman–Crippen LogP) is 4.72. The Morgan fingerprint density at radius 3 is 2.25 bits per heavy atom. The third-order valence-electron chi connectivity index (χ3n) is 4.47. The van der Waals surface area contributed by atoms with E-state index in [1.165, 1.54) is 13.4 Å². The molecule has 0 saturated heterocycles. The fourth-order valence-electron chi connectivity index (χ4n) is 2.95. The Labute approximate surface area is 184 Å². The van der Waals surface area contributed by atoms with Crippen LogP contribution in [0.2, 0.25) is 0 Å². The number of amides is 2. The summed E-state index contributed by atoms with van der Waals surface area (Å²) < 4.78 is 18.1. The van der Waals surface area contributed by atoms with Crippen molar-refractivity contribution in [3.05, 3.63) is 79.4 Å². The number of methoxy groups -OCH3 is 2. The molecule has 2 N–H and O–H groups in total. The predicted molar refractivity (Wildman–Crippen MR) is 120 cm³/mol. The van der Waals surface area contributed by atoms with Gasteiger partial charge in [-0.05, 0) is 48.5 Å². The summed E-state index contributed by atoms with van der Waals surface area (Å²) >= 11 is 0. The zero-order valence-corrected chi connectivity index (χ0v) is 17.5. The van der Waals surface area contributed by atoms with Gasteiger partial charge < -0.3 is 29.4 Å². The van der Waals surface area contributed by atoms with Crippen molar-refractivity contribution < 1.29 is 19.0 Å². The number of benzene rings is 2. The summed E-state index contributed by atoms with van der Waals surface area (Å²) in [6.45, 7) is 0. The van der Waals surface area contributed by atoms with Crippen molar-refractivity contribution in [1.29, 1.82) is 0 Å². The van der Waals surface area contributed by atoms with Gasteiger partial charge in [0.05, 0.1) is 14.2 Å². The molecule has 2 heterocycles. The summed E-state index contributed by atoms with van der Waals surface area (Å²) in [4.78, 5) is 20.7. The molecule has 0 spiro atoms. The van der Waals surface area contributed by atoms with Crippen molar-refractivity contribution in [3.63, 3.8) is 0 Å². The minimum absolute atomic E-state index is 0.391. The maximum absolute atomic E-state index is 12.3. The average molecular weight is 431 g/mol. The van der Waals surface area contributed by atoms with E-state index in [2.05, 4.69) is 20.6 Å². The standard InChI is InChI=1S/C23H21N5O4/c1-30-19-10-7-17(13-20(19)31-2)27-23(29)26-16-5-8-18(9-6-16)32-22-14-21(24-15-25-22)28-11-3-4-12-28/h3-15H,1-2H3,(H2,26,27,29). The third kappa shape index (κ3) is 4.96. The van der Waals surface area contributed by atoms with Crippen LogP contribution >= 0.6 is 0 Å². The van der Waals surface area contributed by atoms with E-state index in [0.29, 0.717) is 40.3 Å². The second-order valence-corrected chi connectivity index (χ2v) is 6.58. The number of rotatable bonds is 7. The highest BCUT2D eigenvalue weighted by Gasteiger charge is 2.08. The highest BCUT2D eigenvalue weighted by molar-refractivity contribution is 5.99. The number of hydrogen-bond acceptors (Lipinski definition) is 6. The van der Waals surface area contributed by atoms with Crippen molar-refractivity contribution in [3.8, 4) is 28.9 Å². The molecule has 9 heteroatoms. The maximum atomic E-state index is 12.3. The van der Waals surface area contributed by atoms with Gasteiger partial charge in [-0.1, -0.05) is 0 Å². The fourth-order valence-corrected chi connectivity index (χ4v) is 2.95. The van der Waals surface area contributed by atoms with Crippen molar-refractivity contribution in [2.45, 2.75) is 0 Å². The van der Waals surface area contributed by atoms with Gasteiger partial charge in [0.2, 0.25) is 5.88 Å². The Morgan fingerprint density at radius 2 is 1.53 bits per heavy atom. The van der Waals surface area contributed by atoms with Gasteiger partial charge >= 0.3 is 6.03 Å². The van der Waals surface area contributed by atoms with E-state index < -0.39 is 6.03 Å². The molecule has 32 heavy (non-hydrogen) atoms. The van der Waals surface area contributed by atoms with Crippen molar-refractivity contribution in [1.82, 2.24) is 14.5 Å². The molecule has 9 nitrogen and oxygen atoms in total. The first-order valence-electron chi connectivity index (χ1n) is 9.68. The van der Waals surface area contributed by atoms with Gasteiger partial charge in [0.25, 0.3) is 0 Å². The van der Waals surface area contributed by atoms with Gasteiger partial charge in [-0.15, -0.1) is 0 Å². The monoisotopic (exact) mass is 431 g/mol. The first-order valence-corrected chi connectivity index (χ1v) is 9.68. The largest absolute Gasteiger partial charge is 0.493 e. The van der Waals surface area contributed by atoms with Gasteiger partial charge in [-0.25, -0.2) is 14.8 Å². The molecule has 0 fully saturated rings. The SMILES string of the molecule is COc1ccc(NC(=O)Nc2ccc(Oc3cc(-n4cccc4)ncn3)cc2)cc1OC. The smallest absolute Gasteiger partial charge is 0.323 e. The molecular weight excluding hydrogens is 410 g/mol. The second kappa shape index (κ2) is 9.52. The molecule has 0 aliphatic carbocycles. The number of carbonyl (C=O) groups is 1. The lowest BCUT2D eigenvalue weighted by Gasteiger charge is -2.12. The molecule has 2 aromatic heterocycles. The summed E-state index contributed by atoms with van der Waals surface area (Å²) in [5.41, 5.74) is 1.17. The first kappa shape index (κ1) is 20.7. The summed E-state index contributed by atoms with van der Waals surface area (Å²) in [6, 6.07) is 17.2. The molecule has 0 atom stereocenters. The summed E-state index contributed by atoms with van der Waals surface area (Å²) in [6.07, 6.45) is 5.22. The highest BCUT2D eigenvalue weighted by Crippen LogP contribution is 2.30.